The number of quaternary nitrogens is 1. The summed E-state index contributed by atoms with van der Waals surface area (Å²) in [5, 5.41) is 4.15. The van der Waals surface area contributed by atoms with E-state index in [0.29, 0.717) is 12.0 Å². The molecule has 4 rings (SSSR count). The minimum absolute atomic E-state index is 0.460. The summed E-state index contributed by atoms with van der Waals surface area (Å²) in [6.07, 6.45) is 4.76. The Hall–Kier alpha value is -1.98. The fraction of sp³-hybridized carbons (Fsp3) is 0.368. The van der Waals surface area contributed by atoms with E-state index in [9.17, 15) is 0 Å². The van der Waals surface area contributed by atoms with E-state index < -0.39 is 0 Å². The van der Waals surface area contributed by atoms with Crippen LogP contribution in [0.3, 0.4) is 0 Å². The first-order valence-electron chi connectivity index (χ1n) is 8.55. The summed E-state index contributed by atoms with van der Waals surface area (Å²) >= 11 is 5.78. The molecule has 1 unspecified atom stereocenters. The van der Waals surface area contributed by atoms with Gasteiger partial charge in [0.25, 0.3) is 0 Å². The number of aryl methyl sites for hydroxylation is 1. The number of piperidine rings is 1. The molecule has 2 aliphatic rings. The normalized spacial score (nSPS) is 25.1. The maximum absolute atomic E-state index is 5.78. The van der Waals surface area contributed by atoms with E-state index in [1.807, 2.05) is 18.3 Å². The van der Waals surface area contributed by atoms with Crippen LogP contribution in [0.25, 0.3) is 0 Å². The number of benzene rings is 1. The van der Waals surface area contributed by atoms with Crippen LogP contribution < -0.4 is 15.1 Å². The molecule has 24 heavy (non-hydrogen) atoms. The molecule has 2 aliphatic heterocycles. The van der Waals surface area contributed by atoms with Gasteiger partial charge in [0.2, 0.25) is 0 Å². The maximum Gasteiger partial charge on any atom is 0.178 e. The number of hydrogen-bond donors (Lipinski definition) is 2. The molecule has 2 N–H and O–H groups in total. The molecule has 0 aliphatic carbocycles. The summed E-state index contributed by atoms with van der Waals surface area (Å²) in [6.45, 7) is 4.54. The van der Waals surface area contributed by atoms with Crippen molar-refractivity contribution in [1.29, 1.82) is 0 Å². The fourth-order valence-electron chi connectivity index (χ4n) is 4.08. The van der Waals surface area contributed by atoms with Crippen LogP contribution in [0.4, 0.5) is 11.4 Å². The van der Waals surface area contributed by atoms with Crippen molar-refractivity contribution in [3.05, 3.63) is 53.9 Å². The molecule has 0 bridgehead atoms. The van der Waals surface area contributed by atoms with Crippen LogP contribution in [0.2, 0.25) is 0 Å². The highest BCUT2D eigenvalue weighted by Gasteiger charge is 2.44. The van der Waals surface area contributed by atoms with Crippen LogP contribution in [-0.2, 0) is 0 Å². The quantitative estimate of drug-likeness (QED) is 0.779. The number of anilines is 2. The monoisotopic (exact) mass is 339 g/mol. The molecule has 0 spiro atoms. The van der Waals surface area contributed by atoms with Gasteiger partial charge in [-0.15, -0.1) is 0 Å². The lowest BCUT2D eigenvalue weighted by Crippen LogP contribution is -3.11. The van der Waals surface area contributed by atoms with Crippen LogP contribution >= 0.6 is 12.2 Å². The highest BCUT2D eigenvalue weighted by atomic mass is 32.1. The predicted octanol–water partition coefficient (Wildman–Crippen LogP) is 1.98. The number of pyridine rings is 1. The Bertz CT molecular complexity index is 761. The molecular weight excluding hydrogens is 316 g/mol. The maximum atomic E-state index is 5.78. The highest BCUT2D eigenvalue weighted by molar-refractivity contribution is 7.80. The Morgan fingerprint density at radius 3 is 3.04 bits per heavy atom. The zero-order valence-electron chi connectivity index (χ0n) is 14.1. The number of likely N-dealkylation sites (tertiary alicyclic amines) is 1. The van der Waals surface area contributed by atoms with Gasteiger partial charge in [0.15, 0.2) is 5.11 Å². The number of likely N-dealkylation sites (N-methyl/N-ethyl adjacent to an activating group) is 1. The number of thiocarbonyl (C=S) groups is 1. The fourth-order valence-corrected chi connectivity index (χ4v) is 4.44. The summed E-state index contributed by atoms with van der Waals surface area (Å²) in [7, 11) is 2.29. The summed E-state index contributed by atoms with van der Waals surface area (Å²) in [4.78, 5) is 8.12. The van der Waals surface area contributed by atoms with Crippen molar-refractivity contribution in [2.45, 2.75) is 25.3 Å². The van der Waals surface area contributed by atoms with Crippen molar-refractivity contribution in [1.82, 2.24) is 4.98 Å². The second kappa shape index (κ2) is 6.15. The van der Waals surface area contributed by atoms with E-state index >= 15 is 0 Å². The molecule has 0 saturated carbocycles. The van der Waals surface area contributed by atoms with Crippen molar-refractivity contribution in [2.75, 3.05) is 30.4 Å². The predicted molar refractivity (Wildman–Crippen MR) is 102 cm³/mol. The third kappa shape index (κ3) is 2.68. The third-order valence-corrected chi connectivity index (χ3v) is 5.50. The van der Waals surface area contributed by atoms with Gasteiger partial charge >= 0.3 is 0 Å². The molecule has 2 aromatic rings. The van der Waals surface area contributed by atoms with Crippen LogP contribution in [0.15, 0.2) is 42.7 Å². The number of nitrogens with zero attached hydrogens (tertiary/aromatic N) is 2. The van der Waals surface area contributed by atoms with Crippen molar-refractivity contribution < 1.29 is 4.90 Å². The zero-order chi connectivity index (χ0) is 16.7. The Morgan fingerprint density at radius 2 is 2.25 bits per heavy atom. The highest BCUT2D eigenvalue weighted by Crippen LogP contribution is 2.43. The van der Waals surface area contributed by atoms with Gasteiger partial charge in [0.1, 0.15) is 0 Å². The van der Waals surface area contributed by atoms with Gasteiger partial charge in [-0.2, -0.15) is 0 Å². The molecular formula is C19H23N4S+. The smallest absolute Gasteiger partial charge is 0.178 e. The lowest BCUT2D eigenvalue weighted by atomic mass is 9.89. The van der Waals surface area contributed by atoms with E-state index in [4.69, 9.17) is 12.2 Å². The Morgan fingerprint density at radius 1 is 1.38 bits per heavy atom. The van der Waals surface area contributed by atoms with Gasteiger partial charge in [0.05, 0.1) is 44.0 Å². The zero-order valence-corrected chi connectivity index (χ0v) is 14.9. The second-order valence-corrected chi connectivity index (χ2v) is 7.36. The van der Waals surface area contributed by atoms with Crippen LogP contribution in [0.1, 0.15) is 23.5 Å². The van der Waals surface area contributed by atoms with E-state index in [0.717, 1.165) is 10.8 Å². The number of rotatable bonds is 1. The van der Waals surface area contributed by atoms with E-state index in [-0.39, 0.29) is 0 Å². The van der Waals surface area contributed by atoms with Crippen LogP contribution in [-0.4, -0.2) is 36.3 Å². The average molecular weight is 339 g/mol. The second-order valence-electron chi connectivity index (χ2n) is 6.98. The number of hydrogen-bond acceptors (Lipinski definition) is 2. The molecule has 0 radical (unpaired) electrons. The van der Waals surface area contributed by atoms with Crippen molar-refractivity contribution in [2.24, 2.45) is 0 Å². The minimum Gasteiger partial charge on any atom is -0.337 e. The molecule has 1 fully saturated rings. The van der Waals surface area contributed by atoms with Gasteiger partial charge in [-0.25, -0.2) is 0 Å². The molecule has 3 atom stereocenters. The lowest BCUT2D eigenvalue weighted by Gasteiger charge is -2.35. The molecule has 1 aromatic carbocycles. The molecule has 0 amide bonds. The third-order valence-electron chi connectivity index (χ3n) is 5.21. The largest absolute Gasteiger partial charge is 0.337 e. The van der Waals surface area contributed by atoms with E-state index in [1.54, 1.807) is 11.1 Å². The van der Waals surface area contributed by atoms with E-state index in [1.165, 1.54) is 36.3 Å². The van der Waals surface area contributed by atoms with Gasteiger partial charge in [-0.05, 0) is 42.9 Å². The van der Waals surface area contributed by atoms with Crippen LogP contribution in [0.5, 0.6) is 0 Å². The SMILES string of the molecule is Cc1ccc2c(c1)[C@H]1C[NH+](C)CC[C@@H]1N2C(=S)Nc1cccnc1. The first-order chi connectivity index (χ1) is 11.6. The van der Waals surface area contributed by atoms with Crippen molar-refractivity contribution in [3.8, 4) is 0 Å². The standard InChI is InChI=1S/C19H22N4S/c1-13-5-6-17-15(10-13)16-12-22(2)9-7-18(16)23(17)19(24)21-14-4-3-8-20-11-14/h3-6,8,10-11,16,18H,7,9,12H2,1-2H3,(H,21,24)/p+1/t16-,18+/m1/s1. The minimum atomic E-state index is 0.460. The Labute approximate surface area is 148 Å². The molecule has 5 heteroatoms. The topological polar surface area (TPSA) is 32.6 Å². The Balaban J connectivity index is 1.68. The lowest BCUT2D eigenvalue weighted by molar-refractivity contribution is -0.886. The molecule has 124 valence electrons. The molecule has 1 aromatic heterocycles. The van der Waals surface area contributed by atoms with Crippen molar-refractivity contribution in [3.63, 3.8) is 0 Å². The summed E-state index contributed by atoms with van der Waals surface area (Å²) < 4.78 is 0. The molecule has 1 saturated heterocycles. The van der Waals surface area contributed by atoms with E-state index in [2.05, 4.69) is 47.4 Å². The summed E-state index contributed by atoms with van der Waals surface area (Å²) in [5.74, 6) is 0.558. The number of aromatic nitrogens is 1. The Kier molecular flexibility index (Phi) is 3.98. The molecule has 4 nitrogen and oxygen atoms in total. The van der Waals surface area contributed by atoms with Crippen molar-refractivity contribution >= 4 is 28.7 Å². The summed E-state index contributed by atoms with van der Waals surface area (Å²) in [5.41, 5.74) is 4.99. The van der Waals surface area contributed by atoms with Gasteiger partial charge in [-0.3, -0.25) is 4.98 Å². The first-order valence-corrected chi connectivity index (χ1v) is 8.96. The molecule has 3 heterocycles. The number of nitrogens with one attached hydrogen (secondary N) is 2. The van der Waals surface area contributed by atoms with Gasteiger partial charge < -0.3 is 15.1 Å². The first kappa shape index (κ1) is 15.5. The summed E-state index contributed by atoms with van der Waals surface area (Å²) in [6, 6.07) is 11.2. The number of fused-ring (bicyclic) bond motifs is 3. The van der Waals surface area contributed by atoms with Gasteiger partial charge in [0, 0.05) is 18.3 Å². The van der Waals surface area contributed by atoms with Gasteiger partial charge in [-0.1, -0.05) is 17.7 Å². The average Bonchev–Trinajstić information content (AvgIpc) is 2.89. The van der Waals surface area contributed by atoms with Crippen LogP contribution in [0, 0.1) is 6.92 Å².